The van der Waals surface area contributed by atoms with Gasteiger partial charge in [0.05, 0.1) is 11.4 Å². The van der Waals surface area contributed by atoms with Gasteiger partial charge in [0.2, 0.25) is 5.91 Å². The summed E-state index contributed by atoms with van der Waals surface area (Å²) in [5.74, 6) is 0.508. The molecule has 0 bridgehead atoms. The molecular weight excluding hydrogens is 371 g/mol. The maximum absolute atomic E-state index is 12.5. The van der Waals surface area contributed by atoms with Gasteiger partial charge in [0.15, 0.2) is 5.82 Å². The van der Waals surface area contributed by atoms with Gasteiger partial charge in [-0.25, -0.2) is 0 Å². The zero-order valence-electron chi connectivity index (χ0n) is 14.0. The second-order valence-corrected chi connectivity index (χ2v) is 7.33. The molecule has 1 aliphatic rings. The van der Waals surface area contributed by atoms with Crippen LogP contribution in [-0.4, -0.2) is 29.2 Å². The topological polar surface area (TPSA) is 69.8 Å². The number of halogens is 2. The zero-order chi connectivity index (χ0) is 18.1. The first-order valence-electron chi connectivity index (χ1n) is 8.57. The van der Waals surface area contributed by atoms with Gasteiger partial charge in [0, 0.05) is 27.5 Å². The minimum Gasteiger partial charge on any atom is -0.316 e. The fourth-order valence-corrected chi connectivity index (χ4v) is 3.69. The third-order valence-corrected chi connectivity index (χ3v) is 5.28. The molecule has 3 aromatic rings. The summed E-state index contributed by atoms with van der Waals surface area (Å²) in [7, 11) is 0. The lowest BCUT2D eigenvalue weighted by Gasteiger charge is -2.21. The first-order chi connectivity index (χ1) is 12.6. The molecule has 26 heavy (non-hydrogen) atoms. The van der Waals surface area contributed by atoms with Crippen LogP contribution in [0.25, 0.3) is 22.0 Å². The molecule has 7 heteroatoms. The lowest BCUT2D eigenvalue weighted by Crippen LogP contribution is -2.37. The first kappa shape index (κ1) is 17.3. The quantitative estimate of drug-likeness (QED) is 0.619. The van der Waals surface area contributed by atoms with Crippen LogP contribution in [-0.2, 0) is 4.79 Å². The van der Waals surface area contributed by atoms with E-state index in [2.05, 4.69) is 20.8 Å². The number of carbonyl (C=O) groups is 1. The van der Waals surface area contributed by atoms with E-state index in [-0.39, 0.29) is 11.8 Å². The Balaban J connectivity index is 1.66. The third kappa shape index (κ3) is 3.43. The van der Waals surface area contributed by atoms with E-state index in [0.717, 1.165) is 41.4 Å². The summed E-state index contributed by atoms with van der Waals surface area (Å²) in [6.07, 6.45) is 1.90. The number of H-pyrrole nitrogens is 1. The second kappa shape index (κ2) is 7.27. The van der Waals surface area contributed by atoms with Crippen molar-refractivity contribution in [2.45, 2.75) is 12.8 Å². The van der Waals surface area contributed by atoms with Crippen LogP contribution in [0.4, 0.5) is 5.82 Å². The van der Waals surface area contributed by atoms with Crippen LogP contribution < -0.4 is 10.6 Å². The Morgan fingerprint density at radius 2 is 2.08 bits per heavy atom. The van der Waals surface area contributed by atoms with Gasteiger partial charge in [-0.3, -0.25) is 9.89 Å². The number of fused-ring (bicyclic) bond motifs is 1. The number of nitrogens with zero attached hydrogens (tertiary/aromatic N) is 1. The summed E-state index contributed by atoms with van der Waals surface area (Å²) in [4.78, 5) is 12.5. The van der Waals surface area contributed by atoms with E-state index in [1.165, 1.54) is 0 Å². The van der Waals surface area contributed by atoms with Crippen molar-refractivity contribution in [1.29, 1.82) is 0 Å². The Labute approximate surface area is 161 Å². The van der Waals surface area contributed by atoms with E-state index in [4.69, 9.17) is 23.2 Å². The summed E-state index contributed by atoms with van der Waals surface area (Å²) < 4.78 is 0. The highest BCUT2D eigenvalue weighted by molar-refractivity contribution is 6.35. The minimum absolute atomic E-state index is 0.00297. The largest absolute Gasteiger partial charge is 0.316 e. The molecule has 0 spiro atoms. The van der Waals surface area contributed by atoms with E-state index < -0.39 is 0 Å². The Hall–Kier alpha value is -2.08. The van der Waals surface area contributed by atoms with Crippen molar-refractivity contribution in [3.8, 4) is 11.1 Å². The molecule has 1 saturated heterocycles. The molecular formula is C19H18Cl2N4O. The highest BCUT2D eigenvalue weighted by Gasteiger charge is 2.22. The lowest BCUT2D eigenvalue weighted by molar-refractivity contribution is -0.120. The number of hydrogen-bond donors (Lipinski definition) is 3. The van der Waals surface area contributed by atoms with E-state index >= 15 is 0 Å². The van der Waals surface area contributed by atoms with Crippen molar-refractivity contribution in [2.75, 3.05) is 18.4 Å². The van der Waals surface area contributed by atoms with Crippen molar-refractivity contribution in [1.82, 2.24) is 15.5 Å². The average molecular weight is 389 g/mol. The molecule has 0 saturated carbocycles. The van der Waals surface area contributed by atoms with Crippen molar-refractivity contribution in [2.24, 2.45) is 5.92 Å². The van der Waals surface area contributed by atoms with Crippen molar-refractivity contribution in [3.05, 3.63) is 46.4 Å². The van der Waals surface area contributed by atoms with Gasteiger partial charge in [0.25, 0.3) is 0 Å². The van der Waals surface area contributed by atoms with E-state index in [1.807, 2.05) is 24.3 Å². The van der Waals surface area contributed by atoms with Crippen molar-refractivity contribution in [3.63, 3.8) is 0 Å². The van der Waals surface area contributed by atoms with Gasteiger partial charge >= 0.3 is 0 Å². The Bertz CT molecular complexity index is 963. The fraction of sp³-hybridized carbons (Fsp3) is 0.263. The molecule has 1 amide bonds. The molecule has 0 unspecified atom stereocenters. The Kier molecular flexibility index (Phi) is 4.85. The summed E-state index contributed by atoms with van der Waals surface area (Å²) in [6.45, 7) is 1.68. The number of aromatic amines is 1. The molecule has 5 nitrogen and oxygen atoms in total. The highest BCUT2D eigenvalue weighted by Crippen LogP contribution is 2.33. The van der Waals surface area contributed by atoms with Crippen LogP contribution in [0, 0.1) is 5.92 Å². The SMILES string of the molecule is O=C(Nc1n[nH]c2ccc(-c3cc(Cl)ccc3Cl)cc12)[C@@H]1CCCNC1. The maximum atomic E-state index is 12.5. The van der Waals surface area contributed by atoms with Gasteiger partial charge in [-0.05, 0) is 55.3 Å². The number of amides is 1. The lowest BCUT2D eigenvalue weighted by atomic mass is 9.99. The van der Waals surface area contributed by atoms with Crippen LogP contribution in [0.15, 0.2) is 36.4 Å². The monoisotopic (exact) mass is 388 g/mol. The normalized spacial score (nSPS) is 17.4. The van der Waals surface area contributed by atoms with Crippen LogP contribution in [0.1, 0.15) is 12.8 Å². The molecule has 1 aromatic heterocycles. The number of benzene rings is 2. The molecule has 0 radical (unpaired) electrons. The summed E-state index contributed by atoms with van der Waals surface area (Å²) in [5, 5.41) is 15.5. The number of nitrogens with one attached hydrogen (secondary N) is 3. The molecule has 1 atom stereocenters. The fourth-order valence-electron chi connectivity index (χ4n) is 3.29. The molecule has 134 valence electrons. The number of hydrogen-bond acceptors (Lipinski definition) is 3. The predicted octanol–water partition coefficient (Wildman–Crippen LogP) is 4.47. The molecule has 1 aliphatic heterocycles. The summed E-state index contributed by atoms with van der Waals surface area (Å²) in [5.41, 5.74) is 2.61. The molecule has 4 rings (SSSR count). The van der Waals surface area contributed by atoms with Gasteiger partial charge in [-0.2, -0.15) is 5.10 Å². The van der Waals surface area contributed by atoms with Crippen LogP contribution in [0.5, 0.6) is 0 Å². The molecule has 2 aromatic carbocycles. The van der Waals surface area contributed by atoms with Gasteiger partial charge in [-0.15, -0.1) is 0 Å². The first-order valence-corrected chi connectivity index (χ1v) is 9.32. The molecule has 2 heterocycles. The van der Waals surface area contributed by atoms with Crippen LogP contribution in [0.3, 0.4) is 0 Å². The predicted molar refractivity (Wildman–Crippen MR) is 106 cm³/mol. The number of aromatic nitrogens is 2. The molecule has 3 N–H and O–H groups in total. The zero-order valence-corrected chi connectivity index (χ0v) is 15.5. The van der Waals surface area contributed by atoms with Gasteiger partial charge in [0.1, 0.15) is 0 Å². The number of anilines is 1. The number of piperidine rings is 1. The van der Waals surface area contributed by atoms with E-state index in [0.29, 0.717) is 22.4 Å². The van der Waals surface area contributed by atoms with Gasteiger partial charge < -0.3 is 10.6 Å². The van der Waals surface area contributed by atoms with E-state index in [9.17, 15) is 4.79 Å². The number of carbonyl (C=O) groups excluding carboxylic acids is 1. The Morgan fingerprint density at radius 1 is 1.19 bits per heavy atom. The molecule has 1 fully saturated rings. The van der Waals surface area contributed by atoms with Crippen molar-refractivity contribution >= 4 is 45.8 Å². The van der Waals surface area contributed by atoms with Gasteiger partial charge in [-0.1, -0.05) is 29.3 Å². The molecule has 0 aliphatic carbocycles. The average Bonchev–Trinajstić information content (AvgIpc) is 3.06. The van der Waals surface area contributed by atoms with Crippen LogP contribution in [0.2, 0.25) is 10.0 Å². The Morgan fingerprint density at radius 3 is 2.88 bits per heavy atom. The smallest absolute Gasteiger partial charge is 0.229 e. The van der Waals surface area contributed by atoms with E-state index in [1.54, 1.807) is 12.1 Å². The van der Waals surface area contributed by atoms with Crippen molar-refractivity contribution < 1.29 is 4.79 Å². The maximum Gasteiger partial charge on any atom is 0.229 e. The summed E-state index contributed by atoms with van der Waals surface area (Å²) in [6, 6.07) is 11.2. The van der Waals surface area contributed by atoms with Crippen LogP contribution >= 0.6 is 23.2 Å². The third-order valence-electron chi connectivity index (χ3n) is 4.71. The number of rotatable bonds is 3. The second-order valence-electron chi connectivity index (χ2n) is 6.49. The summed E-state index contributed by atoms with van der Waals surface area (Å²) >= 11 is 12.4. The highest BCUT2D eigenvalue weighted by atomic mass is 35.5. The minimum atomic E-state index is -0.0268. The standard InChI is InChI=1S/C19H18Cl2N4O/c20-13-4-5-16(21)14(9-13)11-3-6-17-15(8-11)18(25-24-17)23-19(26)12-2-1-7-22-10-12/h3-6,8-9,12,22H,1-2,7,10H2,(H2,23,24,25,26)/t12-/m1/s1.